The van der Waals surface area contributed by atoms with Crippen molar-refractivity contribution in [3.05, 3.63) is 0 Å². The molecule has 0 rings (SSSR count). The monoisotopic (exact) mass is 172 g/mol. The zero-order valence-corrected chi connectivity index (χ0v) is 7.00. The van der Waals surface area contributed by atoms with Gasteiger partial charge in [0.05, 0.1) is 20.1 Å². The molecule has 0 radical (unpaired) electrons. The van der Waals surface area contributed by atoms with E-state index < -0.39 is 0 Å². The lowest BCUT2D eigenvalue weighted by molar-refractivity contribution is -0.141. The molecule has 0 aromatic carbocycles. The van der Waals surface area contributed by atoms with E-state index in [-0.39, 0.29) is 25.6 Å². The molecule has 0 aromatic rings. The predicted octanol–water partition coefficient (Wildman–Crippen LogP) is -0.438. The van der Waals surface area contributed by atoms with Crippen LogP contribution in [-0.4, -0.2) is 38.0 Å². The van der Waals surface area contributed by atoms with Gasteiger partial charge in [-0.2, -0.15) is 0 Å². The molecule has 12 heavy (non-hydrogen) atoms. The third-order valence-electron chi connectivity index (χ3n) is 1.06. The van der Waals surface area contributed by atoms with Crippen LogP contribution in [0.3, 0.4) is 0 Å². The molecule has 0 aromatic heterocycles. The predicted molar refractivity (Wildman–Crippen MR) is 42.3 cm³/mol. The molecule has 0 aliphatic rings. The number of methoxy groups -OCH3 is 1. The van der Waals surface area contributed by atoms with Crippen molar-refractivity contribution in [2.45, 2.75) is 6.42 Å². The molecule has 0 bridgehead atoms. The lowest BCUT2D eigenvalue weighted by Gasteiger charge is -1.97. The molecule has 0 aliphatic carbocycles. The second-order valence-corrected chi connectivity index (χ2v) is 1.89. The van der Waals surface area contributed by atoms with Crippen LogP contribution in [0.25, 0.3) is 0 Å². The van der Waals surface area contributed by atoms with Gasteiger partial charge in [0.15, 0.2) is 0 Å². The first kappa shape index (κ1) is 11.0. The molecule has 0 saturated carbocycles. The Balaban J connectivity index is 3.16. The van der Waals surface area contributed by atoms with Gasteiger partial charge in [-0.15, -0.1) is 0 Å². The highest BCUT2D eigenvalue weighted by Gasteiger charge is 1.97. The van der Waals surface area contributed by atoms with E-state index in [1.54, 1.807) is 0 Å². The van der Waals surface area contributed by atoms with E-state index in [4.69, 9.17) is 9.84 Å². The summed E-state index contributed by atoms with van der Waals surface area (Å²) in [5, 5.41) is 8.25. The van der Waals surface area contributed by atoms with Gasteiger partial charge in [-0.05, 0) is 0 Å². The Morgan fingerprint density at radius 2 is 2.25 bits per heavy atom. The summed E-state index contributed by atoms with van der Waals surface area (Å²) in [5.74, 6) is 4.67. The molecule has 4 heteroatoms. The molecule has 0 atom stereocenters. The molecule has 68 valence electrons. The Labute approximate surface area is 71.5 Å². The number of ether oxygens (including phenoxy) is 2. The number of hydrogen-bond acceptors (Lipinski definition) is 4. The van der Waals surface area contributed by atoms with Gasteiger partial charge in [0, 0.05) is 0 Å². The minimum Gasteiger partial charge on any atom is -0.469 e. The fourth-order valence-electron chi connectivity index (χ4n) is 0.488. The number of carbonyl (C=O) groups excluding carboxylic acids is 1. The van der Waals surface area contributed by atoms with Crippen molar-refractivity contribution in [2.24, 2.45) is 0 Å². The lowest BCUT2D eigenvalue weighted by atomic mass is 10.5. The maximum absolute atomic E-state index is 10.5. The molecule has 0 aliphatic heterocycles. The smallest absolute Gasteiger partial charge is 0.307 e. The maximum Gasteiger partial charge on any atom is 0.307 e. The van der Waals surface area contributed by atoms with Crippen molar-refractivity contribution in [3.8, 4) is 11.8 Å². The molecule has 4 nitrogen and oxygen atoms in total. The summed E-state index contributed by atoms with van der Waals surface area (Å²) in [6.07, 6.45) is 0.233. The van der Waals surface area contributed by atoms with E-state index in [0.29, 0.717) is 6.61 Å². The van der Waals surface area contributed by atoms with Crippen LogP contribution in [0.5, 0.6) is 0 Å². The number of esters is 1. The van der Waals surface area contributed by atoms with Crippen molar-refractivity contribution in [1.82, 2.24) is 0 Å². The fraction of sp³-hybridized carbons (Fsp3) is 0.625. The van der Waals surface area contributed by atoms with Crippen molar-refractivity contribution in [3.63, 3.8) is 0 Å². The molecule has 0 spiro atoms. The van der Waals surface area contributed by atoms with Crippen LogP contribution in [0.4, 0.5) is 0 Å². The van der Waals surface area contributed by atoms with Gasteiger partial charge >= 0.3 is 5.97 Å². The van der Waals surface area contributed by atoms with Crippen molar-refractivity contribution in [1.29, 1.82) is 0 Å². The number of aliphatic hydroxyl groups excluding tert-OH is 1. The average molecular weight is 172 g/mol. The second kappa shape index (κ2) is 8.05. The minimum atomic E-state index is -0.301. The van der Waals surface area contributed by atoms with Gasteiger partial charge in [0.25, 0.3) is 0 Å². The largest absolute Gasteiger partial charge is 0.469 e. The molecule has 0 amide bonds. The first-order valence-electron chi connectivity index (χ1n) is 3.52. The van der Waals surface area contributed by atoms with Crippen LogP contribution in [0.15, 0.2) is 0 Å². The summed E-state index contributed by atoms with van der Waals surface area (Å²) in [4.78, 5) is 10.5. The molecule has 0 saturated heterocycles. The highest BCUT2D eigenvalue weighted by Crippen LogP contribution is 1.84. The summed E-state index contributed by atoms with van der Waals surface area (Å²) in [5.41, 5.74) is 0. The molecule has 0 heterocycles. The van der Waals surface area contributed by atoms with Gasteiger partial charge in [-0.1, -0.05) is 11.8 Å². The van der Waals surface area contributed by atoms with E-state index in [0.717, 1.165) is 0 Å². The number of rotatable bonds is 4. The van der Waals surface area contributed by atoms with Gasteiger partial charge in [0.2, 0.25) is 0 Å². The van der Waals surface area contributed by atoms with Crippen LogP contribution >= 0.6 is 0 Å². The standard InChI is InChI=1S/C8H12O4/c1-11-8(10)4-7-12-6-3-2-5-9/h9H,4-7H2,1H3. The summed E-state index contributed by atoms with van der Waals surface area (Å²) in [7, 11) is 1.33. The Morgan fingerprint density at radius 3 is 2.83 bits per heavy atom. The molecular weight excluding hydrogens is 160 g/mol. The molecular formula is C8H12O4. The Bertz CT molecular complexity index is 177. The van der Waals surface area contributed by atoms with Crippen LogP contribution in [0, 0.1) is 11.8 Å². The molecule has 0 unspecified atom stereocenters. The van der Waals surface area contributed by atoms with Crippen molar-refractivity contribution >= 4 is 5.97 Å². The first-order chi connectivity index (χ1) is 5.81. The van der Waals surface area contributed by atoms with Crippen LogP contribution < -0.4 is 0 Å². The summed E-state index contributed by atoms with van der Waals surface area (Å²) in [6, 6.07) is 0. The topological polar surface area (TPSA) is 55.8 Å². The van der Waals surface area contributed by atoms with Crippen molar-refractivity contribution < 1.29 is 19.4 Å². The summed E-state index contributed by atoms with van der Waals surface area (Å²) >= 11 is 0. The summed E-state index contributed by atoms with van der Waals surface area (Å²) < 4.78 is 9.31. The van der Waals surface area contributed by atoms with Crippen LogP contribution in [-0.2, 0) is 14.3 Å². The van der Waals surface area contributed by atoms with Crippen molar-refractivity contribution in [2.75, 3.05) is 26.9 Å². The van der Waals surface area contributed by atoms with E-state index in [1.165, 1.54) is 7.11 Å². The maximum atomic E-state index is 10.5. The molecule has 1 N–H and O–H groups in total. The fourth-order valence-corrected chi connectivity index (χ4v) is 0.488. The average Bonchev–Trinajstić information content (AvgIpc) is 2.10. The minimum absolute atomic E-state index is 0.166. The Hall–Kier alpha value is -1.05. The zero-order valence-electron chi connectivity index (χ0n) is 7.00. The SMILES string of the molecule is COC(=O)CCOCC#CCO. The highest BCUT2D eigenvalue weighted by molar-refractivity contribution is 5.69. The number of hydrogen-bond donors (Lipinski definition) is 1. The zero-order chi connectivity index (χ0) is 9.23. The number of carbonyl (C=O) groups is 1. The Morgan fingerprint density at radius 1 is 1.50 bits per heavy atom. The third kappa shape index (κ3) is 7.06. The van der Waals surface area contributed by atoms with E-state index in [9.17, 15) is 4.79 Å². The summed E-state index contributed by atoms with van der Waals surface area (Å²) in [6.45, 7) is 0.366. The Kier molecular flexibility index (Phi) is 7.35. The normalized spacial score (nSPS) is 8.50. The second-order valence-electron chi connectivity index (χ2n) is 1.89. The lowest BCUT2D eigenvalue weighted by Crippen LogP contribution is -2.05. The van der Waals surface area contributed by atoms with E-state index in [1.807, 2.05) is 0 Å². The first-order valence-corrected chi connectivity index (χ1v) is 3.52. The van der Waals surface area contributed by atoms with Crippen LogP contribution in [0.2, 0.25) is 0 Å². The van der Waals surface area contributed by atoms with E-state index in [2.05, 4.69) is 16.6 Å². The number of aliphatic hydroxyl groups is 1. The van der Waals surface area contributed by atoms with Gasteiger partial charge in [-0.3, -0.25) is 4.79 Å². The third-order valence-corrected chi connectivity index (χ3v) is 1.06. The van der Waals surface area contributed by atoms with Crippen LogP contribution in [0.1, 0.15) is 6.42 Å². The quantitative estimate of drug-likeness (QED) is 0.355. The van der Waals surface area contributed by atoms with E-state index >= 15 is 0 Å². The molecule has 0 fully saturated rings. The highest BCUT2D eigenvalue weighted by atomic mass is 16.5. The van der Waals surface area contributed by atoms with Gasteiger partial charge in [0.1, 0.15) is 13.2 Å². The van der Waals surface area contributed by atoms with Gasteiger partial charge < -0.3 is 14.6 Å². The van der Waals surface area contributed by atoms with Gasteiger partial charge in [-0.25, -0.2) is 0 Å².